The molecule has 100 valence electrons. The minimum atomic E-state index is -0.344. The molecule has 20 heavy (non-hydrogen) atoms. The number of benzene rings is 2. The van der Waals surface area contributed by atoms with Gasteiger partial charge in [0.25, 0.3) is 5.89 Å². The SMILES string of the molecule is C[n+]1c(-c2ccc(Cl)cc2)oc([O-])c1-c1ccccc1. The van der Waals surface area contributed by atoms with E-state index in [4.69, 9.17) is 16.0 Å². The predicted octanol–water partition coefficient (Wildman–Crippen LogP) is 3.17. The molecule has 4 heteroatoms. The molecule has 0 aliphatic carbocycles. The van der Waals surface area contributed by atoms with Gasteiger partial charge in [0, 0.05) is 10.6 Å². The minimum Gasteiger partial charge on any atom is -0.540 e. The van der Waals surface area contributed by atoms with Gasteiger partial charge in [-0.05, 0) is 36.4 Å². The Kier molecular flexibility index (Phi) is 3.20. The summed E-state index contributed by atoms with van der Waals surface area (Å²) in [6, 6.07) is 16.7. The van der Waals surface area contributed by atoms with Gasteiger partial charge in [0.05, 0.1) is 5.56 Å². The van der Waals surface area contributed by atoms with E-state index in [1.807, 2.05) is 49.5 Å². The monoisotopic (exact) mass is 285 g/mol. The molecule has 1 heterocycles. The molecule has 0 unspecified atom stereocenters. The third kappa shape index (κ3) is 2.17. The molecule has 2 aromatic carbocycles. The maximum absolute atomic E-state index is 12.1. The van der Waals surface area contributed by atoms with Crippen molar-refractivity contribution in [1.82, 2.24) is 0 Å². The van der Waals surface area contributed by atoms with Gasteiger partial charge in [-0.2, -0.15) is 4.57 Å². The van der Waals surface area contributed by atoms with Gasteiger partial charge in [0.15, 0.2) is 0 Å². The first-order valence-electron chi connectivity index (χ1n) is 6.18. The van der Waals surface area contributed by atoms with Crippen LogP contribution in [0.4, 0.5) is 0 Å². The lowest BCUT2D eigenvalue weighted by atomic mass is 10.1. The van der Waals surface area contributed by atoms with Gasteiger partial charge in [0.1, 0.15) is 13.0 Å². The molecule has 0 atom stereocenters. The van der Waals surface area contributed by atoms with Gasteiger partial charge in [-0.3, -0.25) is 0 Å². The number of aromatic nitrogens is 1. The van der Waals surface area contributed by atoms with Gasteiger partial charge in [-0.1, -0.05) is 29.8 Å². The highest BCUT2D eigenvalue weighted by atomic mass is 35.5. The normalized spacial score (nSPS) is 10.7. The van der Waals surface area contributed by atoms with Crippen molar-refractivity contribution in [3.8, 4) is 28.7 Å². The molecule has 3 nitrogen and oxygen atoms in total. The molecule has 0 aliphatic heterocycles. The fourth-order valence-electron chi connectivity index (χ4n) is 2.20. The van der Waals surface area contributed by atoms with Crippen molar-refractivity contribution in [2.45, 2.75) is 0 Å². The minimum absolute atomic E-state index is 0.344. The summed E-state index contributed by atoms with van der Waals surface area (Å²) >= 11 is 5.87. The molecular formula is C16H12ClNO2. The zero-order valence-electron chi connectivity index (χ0n) is 10.8. The van der Waals surface area contributed by atoms with Crippen LogP contribution in [0.25, 0.3) is 22.7 Å². The van der Waals surface area contributed by atoms with Crippen molar-refractivity contribution in [2.75, 3.05) is 0 Å². The first kappa shape index (κ1) is 12.8. The molecule has 0 bridgehead atoms. The highest BCUT2D eigenvalue weighted by Crippen LogP contribution is 2.29. The summed E-state index contributed by atoms with van der Waals surface area (Å²) < 4.78 is 7.15. The van der Waals surface area contributed by atoms with Crippen LogP contribution in [0.3, 0.4) is 0 Å². The predicted molar refractivity (Wildman–Crippen MR) is 75.2 cm³/mol. The Balaban J connectivity index is 2.14. The van der Waals surface area contributed by atoms with Gasteiger partial charge >= 0.3 is 0 Å². The Morgan fingerprint density at radius 3 is 2.25 bits per heavy atom. The van der Waals surface area contributed by atoms with Crippen molar-refractivity contribution in [3.05, 3.63) is 59.6 Å². The fourth-order valence-corrected chi connectivity index (χ4v) is 2.32. The van der Waals surface area contributed by atoms with E-state index < -0.39 is 0 Å². The highest BCUT2D eigenvalue weighted by molar-refractivity contribution is 6.30. The highest BCUT2D eigenvalue weighted by Gasteiger charge is 2.20. The molecule has 0 amide bonds. The lowest BCUT2D eigenvalue weighted by molar-refractivity contribution is -0.652. The van der Waals surface area contributed by atoms with Crippen LogP contribution >= 0.6 is 11.6 Å². The quantitative estimate of drug-likeness (QED) is 0.679. The second-order valence-electron chi connectivity index (χ2n) is 4.48. The Bertz CT molecular complexity index is 733. The zero-order chi connectivity index (χ0) is 14.1. The Hall–Kier alpha value is -2.26. The second kappa shape index (κ2) is 5.02. The van der Waals surface area contributed by atoms with E-state index in [1.165, 1.54) is 0 Å². The van der Waals surface area contributed by atoms with Crippen molar-refractivity contribution in [2.24, 2.45) is 7.05 Å². The molecule has 1 aromatic heterocycles. The summed E-state index contributed by atoms with van der Waals surface area (Å²) in [4.78, 5) is 0. The van der Waals surface area contributed by atoms with E-state index in [-0.39, 0.29) is 5.95 Å². The Labute approximate surface area is 121 Å². The molecule has 3 aromatic rings. The lowest BCUT2D eigenvalue weighted by Gasteiger charge is -1.99. The van der Waals surface area contributed by atoms with E-state index in [0.29, 0.717) is 16.6 Å². The van der Waals surface area contributed by atoms with Crippen LogP contribution in [0, 0.1) is 0 Å². The summed E-state index contributed by atoms with van der Waals surface area (Å²) in [6.07, 6.45) is 0. The summed E-state index contributed by atoms with van der Waals surface area (Å²) in [5.74, 6) is 0.175. The van der Waals surface area contributed by atoms with Crippen LogP contribution in [0.5, 0.6) is 5.95 Å². The van der Waals surface area contributed by atoms with Crippen molar-refractivity contribution < 1.29 is 14.1 Å². The molecular weight excluding hydrogens is 274 g/mol. The summed E-state index contributed by atoms with van der Waals surface area (Å²) in [5, 5.41) is 12.7. The average Bonchev–Trinajstić information content (AvgIpc) is 2.76. The van der Waals surface area contributed by atoms with Crippen LogP contribution in [-0.2, 0) is 7.05 Å². The van der Waals surface area contributed by atoms with Crippen molar-refractivity contribution in [3.63, 3.8) is 0 Å². The molecule has 0 spiro atoms. The number of hydrogen-bond acceptors (Lipinski definition) is 2. The van der Waals surface area contributed by atoms with Gasteiger partial charge in [-0.15, -0.1) is 0 Å². The molecule has 0 saturated carbocycles. The zero-order valence-corrected chi connectivity index (χ0v) is 11.6. The summed E-state index contributed by atoms with van der Waals surface area (Å²) in [5.41, 5.74) is 2.19. The standard InChI is InChI=1S/C16H12ClNO2/c1-18-14(11-5-3-2-4-6-11)16(19)20-15(18)12-7-9-13(17)10-8-12/h2-10H,1H3. The summed E-state index contributed by atoms with van der Waals surface area (Å²) in [6.45, 7) is 0. The number of nitrogens with zero attached hydrogens (tertiary/aromatic N) is 1. The van der Waals surface area contributed by atoms with E-state index in [0.717, 1.165) is 11.1 Å². The molecule has 0 aliphatic rings. The Morgan fingerprint density at radius 1 is 0.950 bits per heavy atom. The lowest BCUT2D eigenvalue weighted by Crippen LogP contribution is -2.31. The van der Waals surface area contributed by atoms with E-state index >= 15 is 0 Å². The smallest absolute Gasteiger partial charge is 0.269 e. The largest absolute Gasteiger partial charge is 0.540 e. The van der Waals surface area contributed by atoms with Crippen LogP contribution in [0.1, 0.15) is 0 Å². The molecule has 0 N–H and O–H groups in total. The fraction of sp³-hybridized carbons (Fsp3) is 0.0625. The average molecular weight is 286 g/mol. The maximum atomic E-state index is 12.1. The van der Waals surface area contributed by atoms with Crippen LogP contribution < -0.4 is 9.67 Å². The topological polar surface area (TPSA) is 40.1 Å². The van der Waals surface area contributed by atoms with E-state index in [2.05, 4.69) is 0 Å². The molecule has 0 radical (unpaired) electrons. The number of oxazole rings is 1. The van der Waals surface area contributed by atoms with Gasteiger partial charge in [-0.25, -0.2) is 0 Å². The molecule has 0 fully saturated rings. The van der Waals surface area contributed by atoms with Gasteiger partial charge in [0.2, 0.25) is 5.69 Å². The third-order valence-electron chi connectivity index (χ3n) is 3.16. The Morgan fingerprint density at radius 2 is 1.60 bits per heavy atom. The van der Waals surface area contributed by atoms with Crippen LogP contribution in [0.15, 0.2) is 59.0 Å². The van der Waals surface area contributed by atoms with Gasteiger partial charge < -0.3 is 9.52 Å². The number of halogens is 1. The van der Waals surface area contributed by atoms with E-state index in [1.54, 1.807) is 16.7 Å². The first-order chi connectivity index (χ1) is 9.66. The first-order valence-corrected chi connectivity index (χ1v) is 6.56. The summed E-state index contributed by atoms with van der Waals surface area (Å²) in [7, 11) is 1.82. The van der Waals surface area contributed by atoms with Crippen molar-refractivity contribution in [1.29, 1.82) is 0 Å². The maximum Gasteiger partial charge on any atom is 0.269 e. The van der Waals surface area contributed by atoms with Crippen LogP contribution in [-0.4, -0.2) is 0 Å². The number of hydrogen-bond donors (Lipinski definition) is 0. The third-order valence-corrected chi connectivity index (χ3v) is 3.41. The van der Waals surface area contributed by atoms with Crippen molar-refractivity contribution >= 4 is 11.6 Å². The number of rotatable bonds is 2. The second-order valence-corrected chi connectivity index (χ2v) is 4.91. The van der Waals surface area contributed by atoms with Crippen LogP contribution in [0.2, 0.25) is 5.02 Å². The molecule has 3 rings (SSSR count). The van der Waals surface area contributed by atoms with E-state index in [9.17, 15) is 5.11 Å². The molecule has 0 saturated heterocycles.